The van der Waals surface area contributed by atoms with Crippen LogP contribution in [-0.4, -0.2) is 10.8 Å². The van der Waals surface area contributed by atoms with Crippen LogP contribution in [-0.2, 0) is 11.2 Å². The molecule has 0 fully saturated rings. The third-order valence-electron chi connectivity index (χ3n) is 1.72. The lowest BCUT2D eigenvalue weighted by atomic mass is 10.0. The van der Waals surface area contributed by atoms with Crippen molar-refractivity contribution < 1.29 is 4.79 Å². The van der Waals surface area contributed by atoms with Gasteiger partial charge in [0.2, 0.25) is 0 Å². The van der Waals surface area contributed by atoms with E-state index in [0.29, 0.717) is 6.42 Å². The van der Waals surface area contributed by atoms with Crippen LogP contribution in [0.25, 0.3) is 6.08 Å². The van der Waals surface area contributed by atoms with Crippen LogP contribution in [0.15, 0.2) is 24.4 Å². The number of fused-ring (bicyclic) bond motifs is 1. The summed E-state index contributed by atoms with van der Waals surface area (Å²) in [6.45, 7) is 0. The number of carbonyl (C=O) groups excluding carboxylic acids is 1. The Labute approximate surface area is 88.9 Å². The van der Waals surface area contributed by atoms with E-state index in [1.807, 2.05) is 18.2 Å². The fraction of sp³-hybridized carbons (Fsp3) is 0.111. The maximum absolute atomic E-state index is 10.9. The van der Waals surface area contributed by atoms with Crippen LogP contribution in [0.4, 0.5) is 0 Å². The number of aromatic nitrogens is 1. The van der Waals surface area contributed by atoms with Crippen molar-refractivity contribution in [1.29, 1.82) is 0 Å². The molecule has 0 unspecified atom stereocenters. The fourth-order valence-electron chi connectivity index (χ4n) is 1.16. The van der Waals surface area contributed by atoms with Crippen molar-refractivity contribution in [1.82, 2.24) is 4.98 Å². The minimum Gasteiger partial charge on any atom is -0.294 e. The van der Waals surface area contributed by atoms with Gasteiger partial charge < -0.3 is 0 Å². The van der Waals surface area contributed by atoms with Gasteiger partial charge in [0, 0.05) is 6.20 Å². The van der Waals surface area contributed by atoms with Crippen molar-refractivity contribution in [3.8, 4) is 0 Å². The van der Waals surface area contributed by atoms with Crippen LogP contribution in [0, 0.1) is 0 Å². The quantitative estimate of drug-likeness (QED) is 0.667. The number of carbonyl (C=O) groups is 1. The van der Waals surface area contributed by atoms with Gasteiger partial charge in [-0.05, 0) is 23.8 Å². The molecule has 2 rings (SSSR count). The van der Waals surface area contributed by atoms with Crippen molar-refractivity contribution in [2.24, 2.45) is 0 Å². The summed E-state index contributed by atoms with van der Waals surface area (Å²) < 4.78 is 0. The van der Waals surface area contributed by atoms with E-state index < -0.39 is 0 Å². The molecule has 1 aliphatic rings. The molecular weight excluding hydrogens is 209 g/mol. The van der Waals surface area contributed by atoms with Crippen LogP contribution in [0.3, 0.4) is 0 Å². The van der Waals surface area contributed by atoms with E-state index in [2.05, 4.69) is 4.98 Å². The molecule has 0 bridgehead atoms. The highest BCUT2D eigenvalue weighted by Crippen LogP contribution is 2.13. The average Bonchev–Trinajstić information content (AvgIpc) is 2.04. The Kier molecular flexibility index (Phi) is 4.67. The van der Waals surface area contributed by atoms with Gasteiger partial charge in [-0.1, -0.05) is 6.07 Å². The number of nitrogens with zero attached hydrogens (tertiary/aromatic N) is 1. The molecule has 0 saturated heterocycles. The van der Waals surface area contributed by atoms with Crippen molar-refractivity contribution in [3.63, 3.8) is 0 Å². The monoisotopic (exact) mass is 217 g/mol. The van der Waals surface area contributed by atoms with Gasteiger partial charge in [0.05, 0.1) is 12.1 Å². The normalized spacial score (nSPS) is 12.5. The Balaban J connectivity index is 0.000000720. The van der Waals surface area contributed by atoms with Crippen molar-refractivity contribution in [2.45, 2.75) is 6.42 Å². The Morgan fingerprint density at radius 3 is 2.77 bits per heavy atom. The number of pyridine rings is 1. The molecule has 0 aliphatic heterocycles. The third-order valence-corrected chi connectivity index (χ3v) is 1.72. The highest BCUT2D eigenvalue weighted by atomic mass is 35.5. The summed E-state index contributed by atoms with van der Waals surface area (Å²) in [5, 5.41) is 0. The molecule has 1 aromatic rings. The summed E-state index contributed by atoms with van der Waals surface area (Å²) >= 11 is 0. The van der Waals surface area contributed by atoms with Crippen LogP contribution in [0.5, 0.6) is 0 Å². The molecule has 0 saturated carbocycles. The fourth-order valence-corrected chi connectivity index (χ4v) is 1.16. The van der Waals surface area contributed by atoms with Gasteiger partial charge in [-0.2, -0.15) is 0 Å². The minimum atomic E-state index is 0. The van der Waals surface area contributed by atoms with Gasteiger partial charge in [0.25, 0.3) is 0 Å². The molecule has 0 atom stereocenters. The molecule has 70 valence electrons. The van der Waals surface area contributed by atoms with E-state index in [0.717, 1.165) is 11.3 Å². The molecule has 0 aromatic carbocycles. The number of ketones is 1. The smallest absolute Gasteiger partial charge is 0.161 e. The summed E-state index contributed by atoms with van der Waals surface area (Å²) in [4.78, 5) is 15.0. The molecule has 1 aliphatic carbocycles. The molecule has 13 heavy (non-hydrogen) atoms. The summed E-state index contributed by atoms with van der Waals surface area (Å²) in [5.74, 6) is 0.135. The second-order valence-corrected chi connectivity index (χ2v) is 2.52. The molecule has 0 spiro atoms. The number of rotatable bonds is 0. The van der Waals surface area contributed by atoms with Gasteiger partial charge in [-0.25, -0.2) is 0 Å². The number of halogens is 2. The standard InChI is InChI=1S/C9H7NO.2ClH/c11-8-4-3-7-2-1-5-10-9(7)6-8;;/h1-5H,6H2;2*1H. The van der Waals surface area contributed by atoms with Crippen LogP contribution in [0.1, 0.15) is 11.3 Å². The van der Waals surface area contributed by atoms with Gasteiger partial charge in [0.1, 0.15) is 0 Å². The van der Waals surface area contributed by atoms with Crippen LogP contribution < -0.4 is 0 Å². The minimum absolute atomic E-state index is 0. The molecule has 0 radical (unpaired) electrons. The van der Waals surface area contributed by atoms with E-state index in [9.17, 15) is 4.79 Å². The lowest BCUT2D eigenvalue weighted by Crippen LogP contribution is -2.06. The van der Waals surface area contributed by atoms with Gasteiger partial charge in [-0.3, -0.25) is 9.78 Å². The predicted octanol–water partition coefficient (Wildman–Crippen LogP) is 2.06. The lowest BCUT2D eigenvalue weighted by Gasteiger charge is -2.05. The third kappa shape index (κ3) is 2.54. The number of allylic oxidation sites excluding steroid dienone is 1. The Morgan fingerprint density at radius 1 is 1.23 bits per heavy atom. The highest BCUT2D eigenvalue weighted by molar-refractivity contribution is 5.97. The van der Waals surface area contributed by atoms with Gasteiger partial charge >= 0.3 is 0 Å². The Bertz CT molecular complexity index is 336. The van der Waals surface area contributed by atoms with E-state index in [1.54, 1.807) is 12.3 Å². The molecule has 4 heteroatoms. The zero-order chi connectivity index (χ0) is 7.68. The van der Waals surface area contributed by atoms with Gasteiger partial charge in [0.15, 0.2) is 5.78 Å². The molecule has 2 nitrogen and oxygen atoms in total. The Morgan fingerprint density at radius 2 is 2.00 bits per heavy atom. The first-order valence-corrected chi connectivity index (χ1v) is 3.51. The highest BCUT2D eigenvalue weighted by Gasteiger charge is 2.09. The van der Waals surface area contributed by atoms with E-state index in [-0.39, 0.29) is 30.6 Å². The largest absolute Gasteiger partial charge is 0.294 e. The zero-order valence-electron chi connectivity index (χ0n) is 6.77. The lowest BCUT2D eigenvalue weighted by molar-refractivity contribution is -0.114. The van der Waals surface area contributed by atoms with Crippen molar-refractivity contribution in [2.75, 3.05) is 0 Å². The first-order chi connectivity index (χ1) is 5.36. The first kappa shape index (κ1) is 12.1. The molecule has 0 N–H and O–H groups in total. The molecule has 0 amide bonds. The van der Waals surface area contributed by atoms with Crippen LogP contribution in [0.2, 0.25) is 0 Å². The summed E-state index contributed by atoms with van der Waals surface area (Å²) in [7, 11) is 0. The first-order valence-electron chi connectivity index (χ1n) is 3.51. The van der Waals surface area contributed by atoms with Gasteiger partial charge in [-0.15, -0.1) is 24.8 Å². The second kappa shape index (κ2) is 5.00. The zero-order valence-corrected chi connectivity index (χ0v) is 8.40. The average molecular weight is 218 g/mol. The number of hydrogen-bond acceptors (Lipinski definition) is 2. The maximum atomic E-state index is 10.9. The number of hydrogen-bond donors (Lipinski definition) is 0. The second-order valence-electron chi connectivity index (χ2n) is 2.52. The van der Waals surface area contributed by atoms with Crippen LogP contribution >= 0.6 is 24.8 Å². The van der Waals surface area contributed by atoms with E-state index >= 15 is 0 Å². The molecule has 1 heterocycles. The van der Waals surface area contributed by atoms with E-state index in [4.69, 9.17) is 0 Å². The summed E-state index contributed by atoms with van der Waals surface area (Å²) in [6.07, 6.45) is 5.58. The van der Waals surface area contributed by atoms with E-state index in [1.165, 1.54) is 0 Å². The Hall–Kier alpha value is -0.860. The predicted molar refractivity (Wildman–Crippen MR) is 56.5 cm³/mol. The van der Waals surface area contributed by atoms with Crippen molar-refractivity contribution in [3.05, 3.63) is 35.7 Å². The summed E-state index contributed by atoms with van der Waals surface area (Å²) in [5.41, 5.74) is 1.95. The molecular formula is C9H9Cl2NO. The SMILES string of the molecule is Cl.Cl.O=C1C=Cc2cccnc2C1. The van der Waals surface area contributed by atoms with Crippen molar-refractivity contribution >= 4 is 36.7 Å². The maximum Gasteiger partial charge on any atom is 0.161 e. The summed E-state index contributed by atoms with van der Waals surface area (Å²) in [6, 6.07) is 3.84. The topological polar surface area (TPSA) is 30.0 Å². The molecule has 1 aromatic heterocycles.